The molecule has 0 aromatic carbocycles. The molecule has 0 aromatic heterocycles. The van der Waals surface area contributed by atoms with Gasteiger partial charge in [0.25, 0.3) is 0 Å². The van der Waals surface area contributed by atoms with Crippen molar-refractivity contribution in [1.29, 1.82) is 0 Å². The fourth-order valence-corrected chi connectivity index (χ4v) is 2.26. The third kappa shape index (κ3) is 10.4. The smallest absolute Gasteiger partial charge is 0.329 e. The number of hydrogen-bond acceptors (Lipinski definition) is 5. The molecule has 0 radical (unpaired) electrons. The van der Waals surface area contributed by atoms with E-state index in [1.54, 1.807) is 6.92 Å². The minimum Gasteiger partial charge on any atom is -0.329 e. The van der Waals surface area contributed by atoms with Gasteiger partial charge in [-0.1, -0.05) is 6.92 Å². The first-order chi connectivity index (χ1) is 8.57. The monoisotopic (exact) mass is 319 g/mol. The lowest BCUT2D eigenvalue weighted by Crippen LogP contribution is -2.37. The van der Waals surface area contributed by atoms with E-state index < -0.39 is 18.7 Å². The maximum absolute atomic E-state index is 11.5. The standard InChI is InChI=1S/C9H23N2O6PS/c1-5-10(19(14)15)6-8-16-18(12,13)17-9-7-11(2,3)4/h19H,5-9H2,1-4H3/p+1. The first-order valence-corrected chi connectivity index (χ1v) is 8.51. The van der Waals surface area contributed by atoms with Crippen LogP contribution < -0.4 is 0 Å². The van der Waals surface area contributed by atoms with Crippen LogP contribution in [0.5, 0.6) is 0 Å². The number of likely N-dealkylation sites (N-methyl/N-ethyl adjacent to an activating group) is 2. The highest BCUT2D eigenvalue weighted by molar-refractivity contribution is 7.69. The van der Waals surface area contributed by atoms with E-state index in [9.17, 15) is 17.9 Å². The Morgan fingerprint density at radius 2 is 1.74 bits per heavy atom. The van der Waals surface area contributed by atoms with Crippen molar-refractivity contribution < 1.29 is 31.4 Å². The zero-order valence-electron chi connectivity index (χ0n) is 11.8. The van der Waals surface area contributed by atoms with Gasteiger partial charge in [-0.15, -0.1) is 0 Å². The van der Waals surface area contributed by atoms with Crippen LogP contribution in [0.3, 0.4) is 0 Å². The van der Waals surface area contributed by atoms with Crippen molar-refractivity contribution in [3.05, 3.63) is 0 Å². The zero-order valence-corrected chi connectivity index (χ0v) is 13.6. The molecule has 0 aliphatic rings. The van der Waals surface area contributed by atoms with Gasteiger partial charge in [-0.3, -0.25) is 9.05 Å². The summed E-state index contributed by atoms with van der Waals surface area (Å²) in [5.41, 5.74) is 0. The molecule has 0 bridgehead atoms. The van der Waals surface area contributed by atoms with Gasteiger partial charge in [0.05, 0.1) is 27.7 Å². The lowest BCUT2D eigenvalue weighted by Gasteiger charge is -2.24. The summed E-state index contributed by atoms with van der Waals surface area (Å²) in [6.45, 7) is 2.45. The van der Waals surface area contributed by atoms with Gasteiger partial charge in [0.1, 0.15) is 13.2 Å². The maximum Gasteiger partial charge on any atom is 0.472 e. The fourth-order valence-electron chi connectivity index (χ4n) is 1.08. The minimum absolute atomic E-state index is 0.0262. The number of rotatable bonds is 10. The predicted molar refractivity (Wildman–Crippen MR) is 72.2 cm³/mol. The lowest BCUT2D eigenvalue weighted by atomic mass is 10.5. The summed E-state index contributed by atoms with van der Waals surface area (Å²) < 4.78 is 44.1. The van der Waals surface area contributed by atoms with E-state index in [2.05, 4.69) is 0 Å². The molecular weight excluding hydrogens is 295 g/mol. The molecule has 0 aliphatic carbocycles. The van der Waals surface area contributed by atoms with E-state index in [1.807, 2.05) is 21.1 Å². The van der Waals surface area contributed by atoms with Crippen molar-refractivity contribution in [3.63, 3.8) is 0 Å². The molecule has 0 rings (SSSR count). The normalized spacial score (nSPS) is 15.9. The SMILES string of the molecule is CCN(CCOP(=O)(O)OCC[N+](C)(C)C)[SH](=O)=O. The summed E-state index contributed by atoms with van der Waals surface area (Å²) in [6, 6.07) is 0. The molecule has 0 heterocycles. The molecule has 1 unspecified atom stereocenters. The number of phosphoric ester groups is 1. The highest BCUT2D eigenvalue weighted by Crippen LogP contribution is 2.42. The predicted octanol–water partition coefficient (Wildman–Crippen LogP) is -0.325. The Hall–Kier alpha value is -0.0200. The number of phosphoric acid groups is 1. The summed E-state index contributed by atoms with van der Waals surface area (Å²) in [4.78, 5) is 9.37. The Bertz CT molecular complexity index is 373. The highest BCUT2D eigenvalue weighted by Gasteiger charge is 2.22. The second kappa shape index (κ2) is 8.31. The third-order valence-corrected chi connectivity index (χ3v) is 4.18. The lowest BCUT2D eigenvalue weighted by molar-refractivity contribution is -0.870. The van der Waals surface area contributed by atoms with Crippen LogP contribution in [0.25, 0.3) is 0 Å². The molecule has 0 spiro atoms. The van der Waals surface area contributed by atoms with Crippen LogP contribution in [0, 0.1) is 0 Å². The third-order valence-electron chi connectivity index (χ3n) is 2.22. The number of thiol groups is 1. The molecule has 0 aliphatic heterocycles. The van der Waals surface area contributed by atoms with Crippen LogP contribution in [-0.4, -0.2) is 76.1 Å². The Morgan fingerprint density at radius 3 is 2.16 bits per heavy atom. The molecule has 19 heavy (non-hydrogen) atoms. The van der Waals surface area contributed by atoms with Gasteiger partial charge in [0, 0.05) is 13.1 Å². The summed E-state index contributed by atoms with van der Waals surface area (Å²) >= 11 is 0. The van der Waals surface area contributed by atoms with Crippen LogP contribution >= 0.6 is 7.82 Å². The van der Waals surface area contributed by atoms with Crippen molar-refractivity contribution >= 4 is 18.7 Å². The Morgan fingerprint density at radius 1 is 1.21 bits per heavy atom. The molecule has 0 fully saturated rings. The molecule has 0 amide bonds. The van der Waals surface area contributed by atoms with E-state index in [-0.39, 0.29) is 19.8 Å². The van der Waals surface area contributed by atoms with Gasteiger partial charge < -0.3 is 9.38 Å². The molecule has 8 nitrogen and oxygen atoms in total. The van der Waals surface area contributed by atoms with Gasteiger partial charge in [-0.2, -0.15) is 0 Å². The Labute approximate surface area is 116 Å². The molecule has 1 N–H and O–H groups in total. The average Bonchev–Trinajstić information content (AvgIpc) is 2.21. The maximum atomic E-state index is 11.5. The van der Waals surface area contributed by atoms with Crippen molar-refractivity contribution in [2.24, 2.45) is 0 Å². The van der Waals surface area contributed by atoms with E-state index in [1.165, 1.54) is 0 Å². The molecule has 0 saturated carbocycles. The van der Waals surface area contributed by atoms with Crippen LogP contribution in [-0.2, 0) is 24.5 Å². The van der Waals surface area contributed by atoms with E-state index in [0.29, 0.717) is 17.6 Å². The van der Waals surface area contributed by atoms with Crippen LogP contribution in [0.4, 0.5) is 0 Å². The van der Waals surface area contributed by atoms with Crippen LogP contribution in [0.1, 0.15) is 6.92 Å². The summed E-state index contributed by atoms with van der Waals surface area (Å²) in [5.74, 6) is 0. The summed E-state index contributed by atoms with van der Waals surface area (Å²) in [7, 11) is -1.03. The summed E-state index contributed by atoms with van der Waals surface area (Å²) in [6.07, 6.45) is 0. The first kappa shape index (κ1) is 19.0. The van der Waals surface area contributed by atoms with Gasteiger partial charge in [-0.05, 0) is 0 Å². The van der Waals surface area contributed by atoms with E-state index in [4.69, 9.17) is 9.05 Å². The number of hydrogen-bond donors (Lipinski definition) is 2. The average molecular weight is 319 g/mol. The molecule has 1 atom stereocenters. The highest BCUT2D eigenvalue weighted by atomic mass is 32.2. The van der Waals surface area contributed by atoms with Crippen molar-refractivity contribution in [3.8, 4) is 0 Å². The summed E-state index contributed by atoms with van der Waals surface area (Å²) in [5, 5.41) is 0. The topological polar surface area (TPSA) is 93.1 Å². The number of nitrogens with zero attached hydrogens (tertiary/aromatic N) is 2. The largest absolute Gasteiger partial charge is 0.472 e. The number of quaternary nitrogens is 1. The fraction of sp³-hybridized carbons (Fsp3) is 1.00. The molecule has 10 heteroatoms. The quantitative estimate of drug-likeness (QED) is 0.325. The van der Waals surface area contributed by atoms with E-state index in [0.717, 1.165) is 4.31 Å². The minimum atomic E-state index is -4.11. The molecule has 0 aromatic rings. The second-order valence-corrected chi connectivity index (χ2v) is 7.43. The van der Waals surface area contributed by atoms with Gasteiger partial charge >= 0.3 is 7.82 Å². The van der Waals surface area contributed by atoms with Crippen molar-refractivity contribution in [2.45, 2.75) is 6.92 Å². The van der Waals surface area contributed by atoms with Crippen molar-refractivity contribution in [1.82, 2.24) is 4.31 Å². The Kier molecular flexibility index (Phi) is 8.30. The Balaban J connectivity index is 4.00. The van der Waals surface area contributed by atoms with Crippen molar-refractivity contribution in [2.75, 3.05) is 54.0 Å². The molecule has 0 saturated heterocycles. The van der Waals surface area contributed by atoms with E-state index >= 15 is 0 Å². The molecular formula is C9H24N2O6PS+. The first-order valence-electron chi connectivity index (χ1n) is 5.89. The second-order valence-electron chi connectivity index (χ2n) is 4.93. The zero-order chi connectivity index (χ0) is 15.1. The van der Waals surface area contributed by atoms with Crippen LogP contribution in [0.15, 0.2) is 0 Å². The van der Waals surface area contributed by atoms with Gasteiger partial charge in [0.15, 0.2) is 0 Å². The molecule has 116 valence electrons. The van der Waals surface area contributed by atoms with Crippen LogP contribution in [0.2, 0.25) is 0 Å². The van der Waals surface area contributed by atoms with Gasteiger partial charge in [-0.25, -0.2) is 17.3 Å². The van der Waals surface area contributed by atoms with Gasteiger partial charge in [0.2, 0.25) is 10.9 Å².